The molecule has 10 heavy (non-hydrogen) atoms. The Morgan fingerprint density at radius 1 is 1.60 bits per heavy atom. The Kier molecular flexibility index (Phi) is 7.53. The van der Waals surface area contributed by atoms with Crippen molar-refractivity contribution in [3.05, 3.63) is 0 Å². The molecular formula is C6H15ClN2S. The molecular weight excluding hydrogens is 168 g/mol. The second-order valence-corrected chi connectivity index (χ2v) is 2.79. The van der Waals surface area contributed by atoms with Gasteiger partial charge >= 0.3 is 0 Å². The van der Waals surface area contributed by atoms with Crippen molar-refractivity contribution in [2.75, 3.05) is 0 Å². The number of rotatable bonds is 3. The van der Waals surface area contributed by atoms with Crippen LogP contribution in [-0.2, 0) is 0 Å². The Bertz CT molecular complexity index is 108. The summed E-state index contributed by atoms with van der Waals surface area (Å²) in [6.07, 6.45) is 1.03. The topological polar surface area (TPSA) is 52.0 Å². The molecule has 0 rings (SSSR count). The number of halogens is 1. The van der Waals surface area contributed by atoms with E-state index in [0.717, 1.165) is 6.42 Å². The van der Waals surface area contributed by atoms with Gasteiger partial charge in [0.05, 0.1) is 11.0 Å². The van der Waals surface area contributed by atoms with E-state index in [9.17, 15) is 0 Å². The van der Waals surface area contributed by atoms with Crippen LogP contribution in [0.4, 0.5) is 0 Å². The summed E-state index contributed by atoms with van der Waals surface area (Å²) in [5.74, 6) is 0.405. The maximum Gasteiger partial charge on any atom is 0.0900 e. The van der Waals surface area contributed by atoms with Crippen LogP contribution in [0, 0.1) is 5.92 Å². The lowest BCUT2D eigenvalue weighted by Crippen LogP contribution is -2.40. The van der Waals surface area contributed by atoms with Crippen LogP contribution in [0.5, 0.6) is 0 Å². The van der Waals surface area contributed by atoms with Gasteiger partial charge in [-0.05, 0) is 5.92 Å². The van der Waals surface area contributed by atoms with Crippen LogP contribution >= 0.6 is 24.6 Å². The van der Waals surface area contributed by atoms with Crippen molar-refractivity contribution in [2.45, 2.75) is 26.3 Å². The molecule has 4 N–H and O–H groups in total. The second-order valence-electron chi connectivity index (χ2n) is 2.31. The molecule has 0 aliphatic heterocycles. The lowest BCUT2D eigenvalue weighted by molar-refractivity contribution is 0.523. The molecule has 0 aliphatic rings. The monoisotopic (exact) mass is 182 g/mol. The third-order valence-corrected chi connectivity index (χ3v) is 1.86. The normalized spacial score (nSPS) is 15.1. The van der Waals surface area contributed by atoms with Gasteiger partial charge in [0.2, 0.25) is 0 Å². The van der Waals surface area contributed by atoms with E-state index in [1.165, 1.54) is 0 Å². The quantitative estimate of drug-likeness (QED) is 0.643. The molecule has 0 spiro atoms. The van der Waals surface area contributed by atoms with Crippen molar-refractivity contribution in [3.8, 4) is 0 Å². The molecule has 0 aromatic heterocycles. The fourth-order valence-corrected chi connectivity index (χ4v) is 0.767. The lowest BCUT2D eigenvalue weighted by Gasteiger charge is -2.15. The maximum absolute atomic E-state index is 5.60. The summed E-state index contributed by atoms with van der Waals surface area (Å²) < 4.78 is 0. The van der Waals surface area contributed by atoms with Gasteiger partial charge in [0.25, 0.3) is 0 Å². The fraction of sp³-hybridized carbons (Fsp3) is 0.833. The lowest BCUT2D eigenvalue weighted by atomic mass is 10.0. The van der Waals surface area contributed by atoms with Gasteiger partial charge in [-0.25, -0.2) is 0 Å². The van der Waals surface area contributed by atoms with Gasteiger partial charge in [-0.15, -0.1) is 12.4 Å². The smallest absolute Gasteiger partial charge is 0.0900 e. The number of hydrogen-bond acceptors (Lipinski definition) is 2. The van der Waals surface area contributed by atoms with Crippen LogP contribution in [0.25, 0.3) is 0 Å². The van der Waals surface area contributed by atoms with Gasteiger partial charge in [0.15, 0.2) is 0 Å². The first-order valence-corrected chi connectivity index (χ1v) is 3.55. The van der Waals surface area contributed by atoms with E-state index in [0.29, 0.717) is 10.9 Å². The SMILES string of the molecule is CCC(C)C(N)C(N)=S.Cl. The first-order chi connectivity index (χ1) is 4.09. The molecule has 0 aliphatic carbocycles. The third kappa shape index (κ3) is 4.04. The average Bonchev–Trinajstić information content (AvgIpc) is 1.84. The molecule has 4 heteroatoms. The Hall–Kier alpha value is 0.140. The van der Waals surface area contributed by atoms with Crippen molar-refractivity contribution in [1.82, 2.24) is 0 Å². The van der Waals surface area contributed by atoms with Crippen LogP contribution in [0.3, 0.4) is 0 Å². The summed E-state index contributed by atoms with van der Waals surface area (Å²) in [6, 6.07) is -0.106. The zero-order valence-corrected chi connectivity index (χ0v) is 7.97. The maximum atomic E-state index is 5.60. The van der Waals surface area contributed by atoms with Gasteiger partial charge in [0, 0.05) is 0 Å². The largest absolute Gasteiger partial charge is 0.392 e. The van der Waals surface area contributed by atoms with Crippen LogP contribution in [0.1, 0.15) is 20.3 Å². The van der Waals surface area contributed by atoms with Crippen LogP contribution in [0.2, 0.25) is 0 Å². The summed E-state index contributed by atoms with van der Waals surface area (Å²) in [5.41, 5.74) is 10.9. The fourth-order valence-electron chi connectivity index (χ4n) is 0.534. The van der Waals surface area contributed by atoms with E-state index in [1.54, 1.807) is 0 Å². The zero-order valence-electron chi connectivity index (χ0n) is 6.33. The van der Waals surface area contributed by atoms with Crippen molar-refractivity contribution >= 4 is 29.6 Å². The average molecular weight is 183 g/mol. The van der Waals surface area contributed by atoms with E-state index in [4.69, 9.17) is 23.7 Å². The minimum atomic E-state index is -0.106. The molecule has 0 fully saturated rings. The highest BCUT2D eigenvalue weighted by molar-refractivity contribution is 7.80. The molecule has 0 aromatic carbocycles. The van der Waals surface area contributed by atoms with E-state index >= 15 is 0 Å². The standard InChI is InChI=1S/C6H14N2S.ClH/c1-3-4(2)5(7)6(8)9;/h4-5H,3,7H2,1-2H3,(H2,8,9);1H. The molecule has 0 aromatic rings. The highest BCUT2D eigenvalue weighted by Crippen LogP contribution is 2.04. The van der Waals surface area contributed by atoms with Gasteiger partial charge in [-0.3, -0.25) is 0 Å². The molecule has 2 unspecified atom stereocenters. The highest BCUT2D eigenvalue weighted by Gasteiger charge is 2.11. The van der Waals surface area contributed by atoms with Crippen molar-refractivity contribution < 1.29 is 0 Å². The second kappa shape index (κ2) is 5.89. The van der Waals surface area contributed by atoms with Crippen LogP contribution in [-0.4, -0.2) is 11.0 Å². The highest BCUT2D eigenvalue weighted by atomic mass is 35.5. The van der Waals surface area contributed by atoms with Crippen molar-refractivity contribution in [1.29, 1.82) is 0 Å². The van der Waals surface area contributed by atoms with Gasteiger partial charge < -0.3 is 11.5 Å². The molecule has 0 bridgehead atoms. The summed E-state index contributed by atoms with van der Waals surface area (Å²) in [6.45, 7) is 4.12. The van der Waals surface area contributed by atoms with Crippen molar-refractivity contribution in [2.24, 2.45) is 17.4 Å². The Balaban J connectivity index is 0. The number of nitrogens with two attached hydrogens (primary N) is 2. The first-order valence-electron chi connectivity index (χ1n) is 3.14. The van der Waals surface area contributed by atoms with Gasteiger partial charge in [-0.1, -0.05) is 32.5 Å². The molecule has 2 atom stereocenters. The van der Waals surface area contributed by atoms with E-state index in [-0.39, 0.29) is 18.4 Å². The van der Waals surface area contributed by atoms with Gasteiger partial charge in [-0.2, -0.15) is 0 Å². The summed E-state index contributed by atoms with van der Waals surface area (Å²) >= 11 is 4.71. The molecule has 62 valence electrons. The zero-order chi connectivity index (χ0) is 7.44. The Labute approximate surface area is 73.8 Å². The number of hydrogen-bond donors (Lipinski definition) is 2. The predicted octanol–water partition coefficient (Wildman–Crippen LogP) is 1.07. The molecule has 0 radical (unpaired) electrons. The number of thiocarbonyl (C=S) groups is 1. The minimum Gasteiger partial charge on any atom is -0.392 e. The Morgan fingerprint density at radius 3 is 2.10 bits per heavy atom. The van der Waals surface area contributed by atoms with Crippen molar-refractivity contribution in [3.63, 3.8) is 0 Å². The molecule has 0 amide bonds. The third-order valence-electron chi connectivity index (χ3n) is 1.59. The Morgan fingerprint density at radius 2 is 2.00 bits per heavy atom. The molecule has 0 saturated carbocycles. The minimum absolute atomic E-state index is 0. The predicted molar refractivity (Wildman–Crippen MR) is 51.5 cm³/mol. The van der Waals surface area contributed by atoms with E-state index in [2.05, 4.69) is 6.92 Å². The summed E-state index contributed by atoms with van der Waals surface area (Å²) in [7, 11) is 0. The van der Waals surface area contributed by atoms with Crippen LogP contribution < -0.4 is 11.5 Å². The van der Waals surface area contributed by atoms with E-state index < -0.39 is 0 Å². The molecule has 2 nitrogen and oxygen atoms in total. The van der Waals surface area contributed by atoms with Crippen LogP contribution in [0.15, 0.2) is 0 Å². The van der Waals surface area contributed by atoms with E-state index in [1.807, 2.05) is 6.92 Å². The molecule has 0 saturated heterocycles. The summed E-state index contributed by atoms with van der Waals surface area (Å²) in [4.78, 5) is 0.421. The summed E-state index contributed by atoms with van der Waals surface area (Å²) in [5, 5.41) is 0. The van der Waals surface area contributed by atoms with Gasteiger partial charge in [0.1, 0.15) is 0 Å². The first kappa shape index (κ1) is 12.8. The molecule has 0 heterocycles.